The molecule has 1 heterocycles. The maximum atomic E-state index is 11.7. The molecule has 1 saturated heterocycles. The van der Waals surface area contributed by atoms with E-state index >= 15 is 0 Å². The Kier molecular flexibility index (Phi) is 6.01. The molecule has 0 aromatic rings. The van der Waals surface area contributed by atoms with Gasteiger partial charge in [-0.25, -0.2) is 9.59 Å². The van der Waals surface area contributed by atoms with Crippen LogP contribution in [0.5, 0.6) is 0 Å². The van der Waals surface area contributed by atoms with Gasteiger partial charge in [0, 0.05) is 12.7 Å². The van der Waals surface area contributed by atoms with Crippen LogP contribution in [0.25, 0.3) is 0 Å². The number of nitrogens with zero attached hydrogens (tertiary/aromatic N) is 1. The van der Waals surface area contributed by atoms with E-state index < -0.39 is 11.9 Å². The molecule has 7 heteroatoms. The predicted octanol–water partition coefficient (Wildman–Crippen LogP) is -0.145. The van der Waals surface area contributed by atoms with E-state index in [9.17, 15) is 14.4 Å². The van der Waals surface area contributed by atoms with Gasteiger partial charge in [-0.3, -0.25) is 4.79 Å². The van der Waals surface area contributed by atoms with Crippen LogP contribution in [0.1, 0.15) is 13.8 Å². The highest BCUT2D eigenvalue weighted by molar-refractivity contribution is 6.14. The number of amides is 1. The van der Waals surface area contributed by atoms with E-state index in [4.69, 9.17) is 14.2 Å². The van der Waals surface area contributed by atoms with Crippen molar-refractivity contribution in [1.82, 2.24) is 4.90 Å². The second kappa shape index (κ2) is 7.52. The molecule has 0 aromatic carbocycles. The molecule has 7 nitrogen and oxygen atoms in total. The van der Waals surface area contributed by atoms with Crippen LogP contribution in [0, 0.1) is 0 Å². The van der Waals surface area contributed by atoms with Crippen molar-refractivity contribution in [1.29, 1.82) is 0 Å². The second-order valence-corrected chi connectivity index (χ2v) is 3.62. The third-order valence-corrected chi connectivity index (χ3v) is 2.30. The Hall–Kier alpha value is -1.89. The van der Waals surface area contributed by atoms with Crippen LogP contribution in [-0.4, -0.2) is 55.7 Å². The van der Waals surface area contributed by atoms with Gasteiger partial charge in [-0.2, -0.15) is 0 Å². The summed E-state index contributed by atoms with van der Waals surface area (Å²) >= 11 is 0. The minimum atomic E-state index is -0.805. The largest absolute Gasteiger partial charge is 0.462 e. The van der Waals surface area contributed by atoms with Gasteiger partial charge < -0.3 is 19.1 Å². The maximum absolute atomic E-state index is 11.7. The van der Waals surface area contributed by atoms with Crippen LogP contribution in [0.4, 0.5) is 0 Å². The third-order valence-electron chi connectivity index (χ3n) is 2.30. The monoisotopic (exact) mass is 271 g/mol. The molecule has 1 aliphatic heterocycles. The van der Waals surface area contributed by atoms with Crippen molar-refractivity contribution in [2.75, 3.05) is 33.0 Å². The second-order valence-electron chi connectivity index (χ2n) is 3.62. The summed E-state index contributed by atoms with van der Waals surface area (Å²) in [6, 6.07) is 0. The van der Waals surface area contributed by atoms with Gasteiger partial charge in [-0.1, -0.05) is 0 Å². The molecule has 0 bridgehead atoms. The molecule has 0 aliphatic carbocycles. The SMILES string of the molecule is CCOC(=O)C(=CN1CCOCC1=O)C(=O)OCC. The van der Waals surface area contributed by atoms with Crippen LogP contribution in [-0.2, 0) is 28.6 Å². The molecule has 0 N–H and O–H groups in total. The lowest BCUT2D eigenvalue weighted by molar-refractivity contribution is -0.146. The lowest BCUT2D eigenvalue weighted by atomic mass is 10.2. The van der Waals surface area contributed by atoms with Gasteiger partial charge >= 0.3 is 11.9 Å². The smallest absolute Gasteiger partial charge is 0.347 e. The Labute approximate surface area is 111 Å². The lowest BCUT2D eigenvalue weighted by Crippen LogP contribution is -2.39. The number of carbonyl (C=O) groups is 3. The summed E-state index contributed by atoms with van der Waals surface area (Å²) in [6.45, 7) is 4.07. The van der Waals surface area contributed by atoms with Gasteiger partial charge in [0.1, 0.15) is 6.61 Å². The van der Waals surface area contributed by atoms with Crippen LogP contribution >= 0.6 is 0 Å². The zero-order valence-electron chi connectivity index (χ0n) is 11.0. The minimum absolute atomic E-state index is 0.0740. The number of esters is 2. The summed E-state index contributed by atoms with van der Waals surface area (Å²) in [5.41, 5.74) is -0.293. The van der Waals surface area contributed by atoms with E-state index in [2.05, 4.69) is 0 Å². The number of hydrogen-bond acceptors (Lipinski definition) is 6. The summed E-state index contributed by atoms with van der Waals surface area (Å²) in [4.78, 5) is 36.2. The zero-order valence-corrected chi connectivity index (χ0v) is 11.0. The van der Waals surface area contributed by atoms with Crippen molar-refractivity contribution >= 4 is 17.8 Å². The maximum Gasteiger partial charge on any atom is 0.347 e. The first kappa shape index (κ1) is 15.2. The first-order valence-electron chi connectivity index (χ1n) is 6.03. The van der Waals surface area contributed by atoms with Gasteiger partial charge in [-0.15, -0.1) is 0 Å². The molecule has 19 heavy (non-hydrogen) atoms. The predicted molar refractivity (Wildman–Crippen MR) is 63.9 cm³/mol. The molecule has 106 valence electrons. The molecule has 0 aromatic heterocycles. The van der Waals surface area contributed by atoms with Crippen LogP contribution in [0.3, 0.4) is 0 Å². The highest BCUT2D eigenvalue weighted by Crippen LogP contribution is 2.08. The Balaban J connectivity index is 2.90. The van der Waals surface area contributed by atoms with Crippen LogP contribution < -0.4 is 0 Å². The number of carbonyl (C=O) groups excluding carboxylic acids is 3. The molecule has 0 atom stereocenters. The van der Waals surface area contributed by atoms with E-state index in [1.54, 1.807) is 13.8 Å². The quantitative estimate of drug-likeness (QED) is 0.299. The molecule has 1 fully saturated rings. The van der Waals surface area contributed by atoms with Crippen LogP contribution in [0.2, 0.25) is 0 Å². The Morgan fingerprint density at radius 1 is 1.26 bits per heavy atom. The summed E-state index contributed by atoms with van der Waals surface area (Å²) < 4.78 is 14.5. The van der Waals surface area contributed by atoms with Crippen molar-refractivity contribution in [2.45, 2.75) is 13.8 Å². The number of hydrogen-bond donors (Lipinski definition) is 0. The summed E-state index contributed by atoms with van der Waals surface area (Å²) in [7, 11) is 0. The normalized spacial score (nSPS) is 14.8. The van der Waals surface area contributed by atoms with E-state index in [1.165, 1.54) is 11.1 Å². The van der Waals surface area contributed by atoms with Crippen molar-refractivity contribution < 1.29 is 28.6 Å². The Morgan fingerprint density at radius 3 is 2.32 bits per heavy atom. The molecule has 1 aliphatic rings. The van der Waals surface area contributed by atoms with E-state index in [1.807, 2.05) is 0 Å². The molecule has 1 rings (SSSR count). The number of morpholine rings is 1. The van der Waals surface area contributed by atoms with Crippen molar-refractivity contribution in [3.8, 4) is 0 Å². The van der Waals surface area contributed by atoms with Crippen LogP contribution in [0.15, 0.2) is 11.8 Å². The molecule has 0 unspecified atom stereocenters. The van der Waals surface area contributed by atoms with Gasteiger partial charge in [0.05, 0.1) is 19.8 Å². The van der Waals surface area contributed by atoms with E-state index in [0.29, 0.717) is 6.61 Å². The molecule has 0 saturated carbocycles. The number of ether oxygens (including phenoxy) is 3. The first-order chi connectivity index (χ1) is 9.10. The Bertz CT molecular complexity index is 370. The standard InChI is InChI=1S/C12H17NO6/c1-3-18-11(15)9(12(16)19-4-2)7-13-5-6-17-8-10(13)14/h7H,3-6,8H2,1-2H3. The van der Waals surface area contributed by atoms with E-state index in [-0.39, 0.29) is 37.8 Å². The molecular weight excluding hydrogens is 254 g/mol. The summed E-state index contributed by atoms with van der Waals surface area (Å²) in [5.74, 6) is -1.93. The average molecular weight is 271 g/mol. The van der Waals surface area contributed by atoms with Gasteiger partial charge in [0.15, 0.2) is 5.57 Å². The summed E-state index contributed by atoms with van der Waals surface area (Å²) in [6.07, 6.45) is 1.17. The molecule has 1 amide bonds. The summed E-state index contributed by atoms with van der Waals surface area (Å²) in [5, 5.41) is 0. The highest BCUT2D eigenvalue weighted by Gasteiger charge is 2.25. The highest BCUT2D eigenvalue weighted by atomic mass is 16.6. The zero-order chi connectivity index (χ0) is 14.3. The lowest BCUT2D eigenvalue weighted by Gasteiger charge is -2.23. The van der Waals surface area contributed by atoms with Gasteiger partial charge in [0.25, 0.3) is 5.91 Å². The van der Waals surface area contributed by atoms with Crippen molar-refractivity contribution in [2.24, 2.45) is 0 Å². The minimum Gasteiger partial charge on any atom is -0.462 e. The average Bonchev–Trinajstić information content (AvgIpc) is 2.38. The number of rotatable bonds is 5. The first-order valence-corrected chi connectivity index (χ1v) is 6.03. The molecule has 0 spiro atoms. The van der Waals surface area contributed by atoms with Gasteiger partial charge in [0.2, 0.25) is 0 Å². The fraction of sp³-hybridized carbons (Fsp3) is 0.583. The van der Waals surface area contributed by atoms with Crippen molar-refractivity contribution in [3.05, 3.63) is 11.8 Å². The van der Waals surface area contributed by atoms with E-state index in [0.717, 1.165) is 0 Å². The molecule has 0 radical (unpaired) electrons. The topological polar surface area (TPSA) is 82.1 Å². The molecular formula is C12H17NO6. The Morgan fingerprint density at radius 2 is 1.84 bits per heavy atom. The fourth-order valence-corrected chi connectivity index (χ4v) is 1.43. The fourth-order valence-electron chi connectivity index (χ4n) is 1.43. The third kappa shape index (κ3) is 4.36. The van der Waals surface area contributed by atoms with Crippen molar-refractivity contribution in [3.63, 3.8) is 0 Å². The van der Waals surface area contributed by atoms with Gasteiger partial charge in [-0.05, 0) is 13.8 Å².